The Labute approximate surface area is 162 Å². The molecule has 5 atom stereocenters. The quantitative estimate of drug-likeness (QED) is 0.294. The van der Waals surface area contributed by atoms with Gasteiger partial charge in [-0.3, -0.25) is 0 Å². The molecule has 0 aromatic heterocycles. The van der Waals surface area contributed by atoms with E-state index in [9.17, 15) is 15.3 Å². The second-order valence-corrected chi connectivity index (χ2v) is 7.05. The Morgan fingerprint density at radius 3 is 2.28 bits per heavy atom. The highest BCUT2D eigenvalue weighted by Crippen LogP contribution is 2.26. The minimum Gasteiger partial charge on any atom is -0.494 e. The van der Waals surface area contributed by atoms with Crippen molar-refractivity contribution in [1.29, 1.82) is 0 Å². The number of ether oxygens (including phenoxy) is 3. The number of alkyl halides is 1. The van der Waals surface area contributed by atoms with Gasteiger partial charge in [0.05, 0.1) is 12.7 Å². The number of rotatable bonds is 9. The van der Waals surface area contributed by atoms with E-state index in [2.05, 4.69) is 29.5 Å². The predicted octanol–water partition coefficient (Wildman–Crippen LogP) is 2.27. The maximum Gasteiger partial charge on any atom is 0.229 e. The average Bonchev–Trinajstić information content (AvgIpc) is 2.63. The Bertz CT molecular complexity index is 495. The first-order valence-electron chi connectivity index (χ1n) is 8.72. The molecule has 142 valence electrons. The van der Waals surface area contributed by atoms with Gasteiger partial charge in [-0.15, -0.1) is 0 Å². The third-order valence-corrected chi connectivity index (χ3v) is 5.03. The molecule has 1 saturated heterocycles. The average molecular weight is 466 g/mol. The van der Waals surface area contributed by atoms with Gasteiger partial charge in [-0.2, -0.15) is 0 Å². The summed E-state index contributed by atoms with van der Waals surface area (Å²) in [6, 6.07) is 7.05. The maximum absolute atomic E-state index is 10.0. The number of benzene rings is 1. The highest BCUT2D eigenvalue weighted by Gasteiger charge is 2.44. The minimum atomic E-state index is -1.32. The van der Waals surface area contributed by atoms with E-state index in [0.717, 1.165) is 12.2 Å². The lowest BCUT2D eigenvalue weighted by molar-refractivity contribution is -0.266. The molecule has 0 saturated carbocycles. The van der Waals surface area contributed by atoms with Crippen LogP contribution in [0.1, 0.15) is 32.6 Å². The molecule has 7 heteroatoms. The van der Waals surface area contributed by atoms with Crippen LogP contribution in [0.2, 0.25) is 0 Å². The van der Waals surface area contributed by atoms with E-state index >= 15 is 0 Å². The summed E-state index contributed by atoms with van der Waals surface area (Å²) in [7, 11) is 0. The van der Waals surface area contributed by atoms with E-state index in [1.807, 2.05) is 0 Å². The molecule has 3 N–H and O–H groups in total. The summed E-state index contributed by atoms with van der Waals surface area (Å²) in [5.41, 5.74) is 0. The summed E-state index contributed by atoms with van der Waals surface area (Å²) in [6.07, 6.45) is -0.742. The van der Waals surface area contributed by atoms with Gasteiger partial charge in [0.1, 0.15) is 29.8 Å². The fourth-order valence-corrected chi connectivity index (χ4v) is 3.34. The molecule has 1 aromatic rings. The fraction of sp³-hybridized carbons (Fsp3) is 0.667. The normalized spacial score (nSPS) is 29.4. The summed E-state index contributed by atoms with van der Waals surface area (Å²) in [5.74, 6) is 1.26. The minimum absolute atomic E-state index is 0.480. The molecule has 6 nitrogen and oxygen atoms in total. The number of unbranched alkanes of at least 4 members (excludes halogenated alkanes) is 3. The van der Waals surface area contributed by atoms with Crippen LogP contribution in [0.4, 0.5) is 0 Å². The Hall–Kier alpha value is -0.610. The van der Waals surface area contributed by atoms with Crippen molar-refractivity contribution in [3.8, 4) is 11.5 Å². The van der Waals surface area contributed by atoms with Crippen LogP contribution in [0, 0.1) is 0 Å². The Kier molecular flexibility index (Phi) is 8.71. The first-order valence-corrected chi connectivity index (χ1v) is 10.2. The lowest BCUT2D eigenvalue weighted by atomic mass is 10.00. The first-order chi connectivity index (χ1) is 12.1. The van der Waals surface area contributed by atoms with Crippen LogP contribution in [-0.4, -0.2) is 57.1 Å². The molecule has 1 fully saturated rings. The molecular weight excluding hydrogens is 439 g/mol. The molecular formula is C18H27IO6. The summed E-state index contributed by atoms with van der Waals surface area (Å²) in [5, 5.41) is 29.8. The van der Waals surface area contributed by atoms with Crippen molar-refractivity contribution in [3.05, 3.63) is 24.3 Å². The highest BCUT2D eigenvalue weighted by molar-refractivity contribution is 14.1. The van der Waals surface area contributed by atoms with Gasteiger partial charge < -0.3 is 29.5 Å². The van der Waals surface area contributed by atoms with E-state index in [-0.39, 0.29) is 0 Å². The number of hydrogen-bond acceptors (Lipinski definition) is 6. The van der Waals surface area contributed by atoms with Crippen molar-refractivity contribution in [1.82, 2.24) is 0 Å². The summed E-state index contributed by atoms with van der Waals surface area (Å²) in [6.45, 7) is 2.86. The third-order valence-electron chi connectivity index (χ3n) is 4.16. The first kappa shape index (κ1) is 20.7. The molecule has 2 rings (SSSR count). The van der Waals surface area contributed by atoms with Crippen LogP contribution in [0.3, 0.4) is 0 Å². The van der Waals surface area contributed by atoms with Gasteiger partial charge in [0, 0.05) is 4.43 Å². The van der Waals surface area contributed by atoms with Crippen LogP contribution in [-0.2, 0) is 4.74 Å². The monoisotopic (exact) mass is 466 g/mol. The number of hydrogen-bond donors (Lipinski definition) is 3. The van der Waals surface area contributed by atoms with E-state index in [4.69, 9.17) is 14.2 Å². The SMILES string of the molecule is CCCCCCOc1ccc(O[C@H]2O[C@@H](CI)[C@@H](O)[C@@H](O)[C@H]2O)cc1. The smallest absolute Gasteiger partial charge is 0.229 e. The van der Waals surface area contributed by atoms with Crippen molar-refractivity contribution in [2.24, 2.45) is 0 Å². The molecule has 0 bridgehead atoms. The molecule has 0 spiro atoms. The second kappa shape index (κ2) is 10.5. The van der Waals surface area contributed by atoms with Crippen LogP contribution in [0.15, 0.2) is 24.3 Å². The van der Waals surface area contributed by atoms with Gasteiger partial charge in [0.15, 0.2) is 0 Å². The zero-order chi connectivity index (χ0) is 18.2. The van der Waals surface area contributed by atoms with Crippen LogP contribution >= 0.6 is 22.6 Å². The van der Waals surface area contributed by atoms with Crippen molar-refractivity contribution >= 4 is 22.6 Å². The van der Waals surface area contributed by atoms with Crippen molar-refractivity contribution in [3.63, 3.8) is 0 Å². The molecule has 0 radical (unpaired) electrons. The zero-order valence-electron chi connectivity index (χ0n) is 14.4. The molecule has 0 aliphatic carbocycles. The largest absolute Gasteiger partial charge is 0.494 e. The van der Waals surface area contributed by atoms with E-state index < -0.39 is 30.7 Å². The second-order valence-electron chi connectivity index (χ2n) is 6.17. The molecule has 0 unspecified atom stereocenters. The van der Waals surface area contributed by atoms with Crippen molar-refractivity contribution in [2.45, 2.75) is 63.3 Å². The predicted molar refractivity (Wildman–Crippen MR) is 102 cm³/mol. The van der Waals surface area contributed by atoms with Crippen LogP contribution in [0.25, 0.3) is 0 Å². The van der Waals surface area contributed by atoms with E-state index in [1.54, 1.807) is 24.3 Å². The molecule has 1 heterocycles. The lowest BCUT2D eigenvalue weighted by Gasteiger charge is -2.39. The molecule has 1 aliphatic heterocycles. The fourth-order valence-electron chi connectivity index (χ4n) is 2.61. The van der Waals surface area contributed by atoms with Crippen molar-refractivity contribution < 1.29 is 29.5 Å². The summed E-state index contributed by atoms with van der Waals surface area (Å²) >= 11 is 2.06. The third kappa shape index (κ3) is 5.96. The van der Waals surface area contributed by atoms with Gasteiger partial charge in [-0.05, 0) is 30.7 Å². The molecule has 0 amide bonds. The topological polar surface area (TPSA) is 88.4 Å². The van der Waals surface area contributed by atoms with Gasteiger partial charge in [0.2, 0.25) is 6.29 Å². The Balaban J connectivity index is 1.85. The van der Waals surface area contributed by atoms with Crippen molar-refractivity contribution in [2.75, 3.05) is 11.0 Å². The zero-order valence-corrected chi connectivity index (χ0v) is 16.5. The van der Waals surface area contributed by atoms with Gasteiger partial charge >= 0.3 is 0 Å². The molecule has 1 aliphatic rings. The van der Waals surface area contributed by atoms with Gasteiger partial charge in [0.25, 0.3) is 0 Å². The molecule has 25 heavy (non-hydrogen) atoms. The Morgan fingerprint density at radius 1 is 0.960 bits per heavy atom. The highest BCUT2D eigenvalue weighted by atomic mass is 127. The molecule has 1 aromatic carbocycles. The Morgan fingerprint density at radius 2 is 1.64 bits per heavy atom. The summed E-state index contributed by atoms with van der Waals surface area (Å²) in [4.78, 5) is 0. The van der Waals surface area contributed by atoms with Crippen LogP contribution < -0.4 is 9.47 Å². The number of halogens is 1. The van der Waals surface area contributed by atoms with Gasteiger partial charge in [-0.25, -0.2) is 0 Å². The number of aliphatic hydroxyl groups excluding tert-OH is 3. The van der Waals surface area contributed by atoms with E-state index in [0.29, 0.717) is 16.8 Å². The number of aliphatic hydroxyl groups is 3. The van der Waals surface area contributed by atoms with Gasteiger partial charge in [-0.1, -0.05) is 48.8 Å². The lowest BCUT2D eigenvalue weighted by Crippen LogP contribution is -2.59. The standard InChI is InChI=1S/C18H27IO6/c1-2-3-4-5-10-23-12-6-8-13(9-7-12)24-18-17(22)16(21)15(20)14(11-19)25-18/h6-9,14-18,20-22H,2-5,10-11H2,1H3/t14-,15+,16+,17+,18-/m0/s1. The maximum atomic E-state index is 10.0. The van der Waals surface area contributed by atoms with E-state index in [1.165, 1.54) is 19.3 Å². The van der Waals surface area contributed by atoms with Crippen LogP contribution in [0.5, 0.6) is 11.5 Å². The summed E-state index contributed by atoms with van der Waals surface area (Å²) < 4.78 is 17.3.